The first-order chi connectivity index (χ1) is 9.19. The summed E-state index contributed by atoms with van der Waals surface area (Å²) in [5, 5.41) is 0. The number of aromatic amines is 1. The number of pyridine rings is 1. The van der Waals surface area contributed by atoms with Crippen LogP contribution in [0.5, 0.6) is 0 Å². The minimum absolute atomic E-state index is 0.688. The van der Waals surface area contributed by atoms with Crippen LogP contribution in [-0.2, 0) is 6.54 Å². The van der Waals surface area contributed by atoms with Crippen LogP contribution in [0.25, 0.3) is 11.2 Å². The molecule has 3 heterocycles. The van der Waals surface area contributed by atoms with Gasteiger partial charge in [-0.15, -0.1) is 0 Å². The molecule has 2 aromatic heterocycles. The Bertz CT molecular complexity index is 642. The van der Waals surface area contributed by atoms with Gasteiger partial charge in [0.2, 0.25) is 0 Å². The fraction of sp³-hybridized carbons (Fsp3) is 0.571. The number of aryl methyl sites for hydroxylation is 1. The highest BCUT2D eigenvalue weighted by Gasteiger charge is 2.22. The molecule has 1 saturated heterocycles. The summed E-state index contributed by atoms with van der Waals surface area (Å²) < 4.78 is 2.97. The number of H-pyrrole nitrogens is 1. The van der Waals surface area contributed by atoms with E-state index in [1.165, 1.54) is 25.1 Å². The van der Waals surface area contributed by atoms with Crippen molar-refractivity contribution in [2.45, 2.75) is 26.8 Å². The Morgan fingerprint density at radius 3 is 3.11 bits per heavy atom. The molecule has 0 bridgehead atoms. The third kappa shape index (κ3) is 2.32. The Labute approximate surface area is 118 Å². The minimum Gasteiger partial charge on any atom is -0.329 e. The summed E-state index contributed by atoms with van der Waals surface area (Å²) in [7, 11) is 0. The SMILES string of the molecule is CCN1CCC(Cn2c(=S)[nH]c3c(C)ccnc32)C1. The maximum atomic E-state index is 5.46. The van der Waals surface area contributed by atoms with E-state index in [0.29, 0.717) is 5.92 Å². The summed E-state index contributed by atoms with van der Waals surface area (Å²) >= 11 is 5.46. The fourth-order valence-electron chi connectivity index (χ4n) is 2.95. The van der Waals surface area contributed by atoms with Gasteiger partial charge in [0.15, 0.2) is 10.4 Å². The van der Waals surface area contributed by atoms with E-state index < -0.39 is 0 Å². The molecule has 2 aromatic rings. The molecule has 1 fully saturated rings. The van der Waals surface area contributed by atoms with Gasteiger partial charge in [-0.3, -0.25) is 0 Å². The fourth-order valence-corrected chi connectivity index (χ4v) is 3.21. The van der Waals surface area contributed by atoms with E-state index >= 15 is 0 Å². The second kappa shape index (κ2) is 5.06. The van der Waals surface area contributed by atoms with Gasteiger partial charge in [0, 0.05) is 19.3 Å². The van der Waals surface area contributed by atoms with E-state index in [-0.39, 0.29) is 0 Å². The molecule has 1 unspecified atom stereocenters. The van der Waals surface area contributed by atoms with Gasteiger partial charge >= 0.3 is 0 Å². The normalized spacial score (nSPS) is 20.4. The topological polar surface area (TPSA) is 36.9 Å². The standard InChI is InChI=1S/C14H20N4S/c1-3-17-7-5-11(8-17)9-18-13-12(16-14(18)19)10(2)4-6-15-13/h4,6,11H,3,5,7-9H2,1-2H3,(H,16,19). The molecular weight excluding hydrogens is 256 g/mol. The summed E-state index contributed by atoms with van der Waals surface area (Å²) in [4.78, 5) is 10.3. The highest BCUT2D eigenvalue weighted by molar-refractivity contribution is 7.71. The van der Waals surface area contributed by atoms with Gasteiger partial charge in [0.25, 0.3) is 0 Å². The van der Waals surface area contributed by atoms with Gasteiger partial charge in [-0.1, -0.05) is 6.92 Å². The molecule has 4 nitrogen and oxygen atoms in total. The number of nitrogens with one attached hydrogen (secondary N) is 1. The molecule has 0 amide bonds. The zero-order valence-electron chi connectivity index (χ0n) is 11.5. The van der Waals surface area contributed by atoms with Crippen LogP contribution in [0.4, 0.5) is 0 Å². The van der Waals surface area contributed by atoms with Crippen LogP contribution in [0.2, 0.25) is 0 Å². The third-order valence-electron chi connectivity index (χ3n) is 4.13. The Morgan fingerprint density at radius 1 is 1.53 bits per heavy atom. The number of hydrogen-bond donors (Lipinski definition) is 1. The van der Waals surface area contributed by atoms with E-state index in [4.69, 9.17) is 12.2 Å². The first-order valence-electron chi connectivity index (χ1n) is 6.95. The Kier molecular flexibility index (Phi) is 3.41. The first kappa shape index (κ1) is 12.8. The molecular formula is C14H20N4S. The molecule has 1 N–H and O–H groups in total. The van der Waals surface area contributed by atoms with Crippen molar-refractivity contribution in [1.29, 1.82) is 0 Å². The van der Waals surface area contributed by atoms with Crippen LogP contribution in [0.15, 0.2) is 12.3 Å². The van der Waals surface area contributed by atoms with Gasteiger partial charge in [-0.2, -0.15) is 0 Å². The Morgan fingerprint density at radius 2 is 2.37 bits per heavy atom. The van der Waals surface area contributed by atoms with Crippen molar-refractivity contribution >= 4 is 23.4 Å². The lowest BCUT2D eigenvalue weighted by molar-refractivity contribution is 0.333. The second-order valence-corrected chi connectivity index (χ2v) is 5.80. The van der Waals surface area contributed by atoms with Crippen LogP contribution in [0.3, 0.4) is 0 Å². The van der Waals surface area contributed by atoms with Gasteiger partial charge < -0.3 is 14.5 Å². The number of aromatic nitrogens is 3. The summed E-state index contributed by atoms with van der Waals surface area (Å²) in [5.41, 5.74) is 3.29. The average Bonchev–Trinajstić information content (AvgIpc) is 2.97. The van der Waals surface area contributed by atoms with Crippen molar-refractivity contribution in [2.24, 2.45) is 5.92 Å². The van der Waals surface area contributed by atoms with Gasteiger partial charge in [0.1, 0.15) is 0 Å². The quantitative estimate of drug-likeness (QED) is 0.876. The highest BCUT2D eigenvalue weighted by Crippen LogP contribution is 2.21. The summed E-state index contributed by atoms with van der Waals surface area (Å²) in [6.45, 7) is 8.83. The Balaban J connectivity index is 1.91. The van der Waals surface area contributed by atoms with Crippen molar-refractivity contribution in [3.05, 3.63) is 22.6 Å². The van der Waals surface area contributed by atoms with Gasteiger partial charge in [0.05, 0.1) is 5.52 Å². The highest BCUT2D eigenvalue weighted by atomic mass is 32.1. The average molecular weight is 276 g/mol. The molecule has 1 aliphatic rings. The van der Waals surface area contributed by atoms with E-state index in [1.807, 2.05) is 12.3 Å². The van der Waals surface area contributed by atoms with Crippen molar-refractivity contribution < 1.29 is 0 Å². The van der Waals surface area contributed by atoms with E-state index in [0.717, 1.165) is 29.0 Å². The number of fused-ring (bicyclic) bond motifs is 1. The number of likely N-dealkylation sites (tertiary alicyclic amines) is 1. The lowest BCUT2D eigenvalue weighted by Crippen LogP contribution is -2.21. The maximum Gasteiger partial charge on any atom is 0.179 e. The Hall–Kier alpha value is -1.20. The predicted molar refractivity (Wildman–Crippen MR) is 79.9 cm³/mol. The monoisotopic (exact) mass is 276 g/mol. The summed E-state index contributed by atoms with van der Waals surface area (Å²) in [6.07, 6.45) is 3.12. The lowest BCUT2D eigenvalue weighted by Gasteiger charge is -2.13. The van der Waals surface area contributed by atoms with Crippen molar-refractivity contribution in [1.82, 2.24) is 19.4 Å². The first-order valence-corrected chi connectivity index (χ1v) is 7.36. The molecule has 0 aliphatic carbocycles. The summed E-state index contributed by atoms with van der Waals surface area (Å²) in [5.74, 6) is 0.688. The molecule has 1 aliphatic heterocycles. The van der Waals surface area contributed by atoms with Crippen LogP contribution in [0, 0.1) is 17.6 Å². The number of imidazole rings is 1. The summed E-state index contributed by atoms with van der Waals surface area (Å²) in [6, 6.07) is 2.02. The lowest BCUT2D eigenvalue weighted by atomic mass is 10.1. The van der Waals surface area contributed by atoms with Gasteiger partial charge in [-0.25, -0.2) is 4.98 Å². The molecule has 0 radical (unpaired) electrons. The second-order valence-electron chi connectivity index (χ2n) is 5.42. The van der Waals surface area contributed by atoms with E-state index in [9.17, 15) is 0 Å². The minimum atomic E-state index is 0.688. The molecule has 0 aromatic carbocycles. The molecule has 102 valence electrons. The number of rotatable bonds is 3. The maximum absolute atomic E-state index is 5.46. The largest absolute Gasteiger partial charge is 0.329 e. The molecule has 1 atom stereocenters. The van der Waals surface area contributed by atoms with Crippen LogP contribution in [-0.4, -0.2) is 39.1 Å². The van der Waals surface area contributed by atoms with Crippen LogP contribution in [0.1, 0.15) is 18.9 Å². The van der Waals surface area contributed by atoms with Crippen molar-refractivity contribution in [3.63, 3.8) is 0 Å². The molecule has 3 rings (SSSR count). The van der Waals surface area contributed by atoms with Crippen LogP contribution < -0.4 is 0 Å². The van der Waals surface area contributed by atoms with Gasteiger partial charge in [-0.05, 0) is 56.2 Å². The molecule has 0 spiro atoms. The number of hydrogen-bond acceptors (Lipinski definition) is 3. The molecule has 5 heteroatoms. The van der Waals surface area contributed by atoms with Crippen LogP contribution >= 0.6 is 12.2 Å². The smallest absolute Gasteiger partial charge is 0.179 e. The third-order valence-corrected chi connectivity index (χ3v) is 4.45. The zero-order valence-corrected chi connectivity index (χ0v) is 12.3. The molecule has 19 heavy (non-hydrogen) atoms. The predicted octanol–water partition coefficient (Wildman–Crippen LogP) is 2.74. The zero-order chi connectivity index (χ0) is 13.4. The van der Waals surface area contributed by atoms with Crippen molar-refractivity contribution in [3.8, 4) is 0 Å². The van der Waals surface area contributed by atoms with Crippen molar-refractivity contribution in [2.75, 3.05) is 19.6 Å². The number of nitrogens with zero attached hydrogens (tertiary/aromatic N) is 3. The van der Waals surface area contributed by atoms with E-state index in [1.54, 1.807) is 0 Å². The molecule has 0 saturated carbocycles. The van der Waals surface area contributed by atoms with E-state index in [2.05, 4.69) is 33.3 Å².